The molecule has 1 unspecified atom stereocenters. The number of carboxylic acid groups (broad SMARTS) is 1. The Morgan fingerprint density at radius 2 is 2.10 bits per heavy atom. The molecule has 2 N–H and O–H groups in total. The summed E-state index contributed by atoms with van der Waals surface area (Å²) in [7, 11) is 0. The highest BCUT2D eigenvalue weighted by atomic mass is 16.4. The van der Waals surface area contributed by atoms with E-state index in [-0.39, 0.29) is 12.3 Å². The van der Waals surface area contributed by atoms with Crippen molar-refractivity contribution in [3.05, 3.63) is 24.0 Å². The van der Waals surface area contributed by atoms with E-state index < -0.39 is 5.97 Å². The van der Waals surface area contributed by atoms with Crippen molar-refractivity contribution in [2.75, 3.05) is 6.54 Å². The Morgan fingerprint density at radius 3 is 2.71 bits per heavy atom. The number of hydrogen-bond acceptors (Lipinski definition) is 2. The molecule has 0 aliphatic heterocycles. The topological polar surface area (TPSA) is 71.3 Å². The molecule has 1 rings (SSSR count). The monoisotopic (exact) mass is 294 g/mol. The van der Waals surface area contributed by atoms with Crippen LogP contribution in [0.4, 0.5) is 0 Å². The normalized spacial score (nSPS) is 12.1. The van der Waals surface area contributed by atoms with Crippen LogP contribution in [0.1, 0.15) is 56.4 Å². The molecule has 0 aromatic carbocycles. The van der Waals surface area contributed by atoms with Crippen LogP contribution >= 0.6 is 0 Å². The van der Waals surface area contributed by atoms with Crippen LogP contribution in [0.15, 0.2) is 18.3 Å². The summed E-state index contributed by atoms with van der Waals surface area (Å²) in [5.74, 6) is -0.458. The van der Waals surface area contributed by atoms with E-state index in [0.717, 1.165) is 25.8 Å². The molecule has 118 valence electrons. The van der Waals surface area contributed by atoms with E-state index in [0.29, 0.717) is 24.6 Å². The molecule has 0 aliphatic rings. The number of aryl methyl sites for hydroxylation is 1. The Morgan fingerprint density at radius 1 is 1.33 bits per heavy atom. The molecule has 1 aromatic heterocycles. The molecule has 1 aromatic rings. The van der Waals surface area contributed by atoms with Crippen LogP contribution in [-0.2, 0) is 11.3 Å². The third-order valence-electron chi connectivity index (χ3n) is 3.71. The second-order valence-corrected chi connectivity index (χ2v) is 5.34. The summed E-state index contributed by atoms with van der Waals surface area (Å²) in [5, 5.41) is 11.6. The standard InChI is InChI=1S/C16H26N2O3/c1-3-11-18-12-5-6-14(18)16(21)17-10-9-13(4-2)7-8-15(19)20/h5-6,12-13H,3-4,7-11H2,1-2H3,(H,17,21)(H,19,20). The Balaban J connectivity index is 2.38. The molecule has 0 aliphatic carbocycles. The Bertz CT molecular complexity index is 454. The lowest BCUT2D eigenvalue weighted by molar-refractivity contribution is -0.137. The number of nitrogens with zero attached hydrogens (tertiary/aromatic N) is 1. The molecular formula is C16H26N2O3. The minimum absolute atomic E-state index is 0.0541. The van der Waals surface area contributed by atoms with E-state index in [2.05, 4.69) is 19.2 Å². The number of rotatable bonds is 10. The van der Waals surface area contributed by atoms with E-state index in [1.807, 2.05) is 22.9 Å². The van der Waals surface area contributed by atoms with Gasteiger partial charge in [0.1, 0.15) is 5.69 Å². The minimum atomic E-state index is -0.755. The highest BCUT2D eigenvalue weighted by Crippen LogP contribution is 2.14. The summed E-state index contributed by atoms with van der Waals surface area (Å²) in [6.07, 6.45) is 5.54. The van der Waals surface area contributed by atoms with Gasteiger partial charge in [0.2, 0.25) is 0 Å². The molecule has 21 heavy (non-hydrogen) atoms. The number of amides is 1. The Kier molecular flexibility index (Phi) is 7.58. The maximum Gasteiger partial charge on any atom is 0.303 e. The van der Waals surface area contributed by atoms with Crippen LogP contribution < -0.4 is 5.32 Å². The number of nitrogens with one attached hydrogen (secondary N) is 1. The summed E-state index contributed by atoms with van der Waals surface area (Å²) < 4.78 is 1.96. The van der Waals surface area contributed by atoms with Crippen molar-refractivity contribution in [3.63, 3.8) is 0 Å². The summed E-state index contributed by atoms with van der Waals surface area (Å²) >= 11 is 0. The highest BCUT2D eigenvalue weighted by molar-refractivity contribution is 5.92. The van der Waals surface area contributed by atoms with E-state index in [4.69, 9.17) is 5.11 Å². The molecular weight excluding hydrogens is 268 g/mol. The van der Waals surface area contributed by atoms with E-state index >= 15 is 0 Å². The summed E-state index contributed by atoms with van der Waals surface area (Å²) in [6.45, 7) is 5.57. The van der Waals surface area contributed by atoms with Crippen LogP contribution in [0.5, 0.6) is 0 Å². The van der Waals surface area contributed by atoms with E-state index in [1.54, 1.807) is 0 Å². The fraction of sp³-hybridized carbons (Fsp3) is 0.625. The van der Waals surface area contributed by atoms with Gasteiger partial charge in [-0.2, -0.15) is 0 Å². The van der Waals surface area contributed by atoms with Crippen molar-refractivity contribution in [1.82, 2.24) is 9.88 Å². The zero-order valence-electron chi connectivity index (χ0n) is 13.0. The van der Waals surface area contributed by atoms with Crippen molar-refractivity contribution in [2.24, 2.45) is 5.92 Å². The lowest BCUT2D eigenvalue weighted by atomic mass is 9.96. The SMILES string of the molecule is CCCn1cccc1C(=O)NCCC(CC)CCC(=O)O. The maximum absolute atomic E-state index is 12.1. The highest BCUT2D eigenvalue weighted by Gasteiger charge is 2.12. The van der Waals surface area contributed by atoms with Crippen LogP contribution in [0.3, 0.4) is 0 Å². The van der Waals surface area contributed by atoms with Crippen molar-refractivity contribution in [2.45, 2.75) is 52.5 Å². The van der Waals surface area contributed by atoms with Gasteiger partial charge in [0, 0.05) is 25.7 Å². The summed E-state index contributed by atoms with van der Waals surface area (Å²) in [6, 6.07) is 3.71. The van der Waals surface area contributed by atoms with Gasteiger partial charge in [-0.15, -0.1) is 0 Å². The van der Waals surface area contributed by atoms with Gasteiger partial charge >= 0.3 is 5.97 Å². The van der Waals surface area contributed by atoms with Gasteiger partial charge in [0.15, 0.2) is 0 Å². The van der Waals surface area contributed by atoms with Gasteiger partial charge in [-0.05, 0) is 37.3 Å². The number of hydrogen-bond donors (Lipinski definition) is 2. The molecule has 5 heteroatoms. The fourth-order valence-electron chi connectivity index (χ4n) is 2.42. The van der Waals surface area contributed by atoms with Gasteiger partial charge in [0.05, 0.1) is 0 Å². The van der Waals surface area contributed by atoms with Gasteiger partial charge in [-0.1, -0.05) is 20.3 Å². The molecule has 0 bridgehead atoms. The first-order valence-electron chi connectivity index (χ1n) is 7.73. The quantitative estimate of drug-likeness (QED) is 0.697. The minimum Gasteiger partial charge on any atom is -0.481 e. The number of aliphatic carboxylic acids is 1. The molecule has 0 fully saturated rings. The summed E-state index contributed by atoms with van der Waals surface area (Å²) in [5.41, 5.74) is 0.690. The van der Waals surface area contributed by atoms with Gasteiger partial charge in [-0.25, -0.2) is 0 Å². The maximum atomic E-state index is 12.1. The molecule has 5 nitrogen and oxygen atoms in total. The molecule has 0 saturated heterocycles. The van der Waals surface area contributed by atoms with Gasteiger partial charge in [0.25, 0.3) is 5.91 Å². The van der Waals surface area contributed by atoms with Gasteiger partial charge < -0.3 is 15.0 Å². The van der Waals surface area contributed by atoms with Crippen LogP contribution in [0.25, 0.3) is 0 Å². The number of carbonyl (C=O) groups is 2. The average Bonchev–Trinajstić information content (AvgIpc) is 2.91. The first kappa shape index (κ1) is 17.3. The molecule has 1 amide bonds. The smallest absolute Gasteiger partial charge is 0.303 e. The average molecular weight is 294 g/mol. The van der Waals surface area contributed by atoms with E-state index in [1.165, 1.54) is 0 Å². The molecule has 0 radical (unpaired) electrons. The zero-order chi connectivity index (χ0) is 15.7. The summed E-state index contributed by atoms with van der Waals surface area (Å²) in [4.78, 5) is 22.7. The van der Waals surface area contributed by atoms with E-state index in [9.17, 15) is 9.59 Å². The lowest BCUT2D eigenvalue weighted by Gasteiger charge is -2.14. The van der Waals surface area contributed by atoms with Crippen LogP contribution in [-0.4, -0.2) is 28.1 Å². The second kappa shape index (κ2) is 9.21. The number of aromatic nitrogens is 1. The molecule has 1 atom stereocenters. The predicted molar refractivity (Wildman–Crippen MR) is 82.3 cm³/mol. The van der Waals surface area contributed by atoms with Gasteiger partial charge in [-0.3, -0.25) is 9.59 Å². The van der Waals surface area contributed by atoms with Crippen LogP contribution in [0, 0.1) is 5.92 Å². The van der Waals surface area contributed by atoms with Crippen molar-refractivity contribution < 1.29 is 14.7 Å². The van der Waals surface area contributed by atoms with Crippen LogP contribution in [0.2, 0.25) is 0 Å². The Labute approximate surface area is 126 Å². The molecule has 1 heterocycles. The fourth-order valence-corrected chi connectivity index (χ4v) is 2.42. The van der Waals surface area contributed by atoms with Crippen molar-refractivity contribution in [1.29, 1.82) is 0 Å². The molecule has 0 spiro atoms. The number of carbonyl (C=O) groups excluding carboxylic acids is 1. The third kappa shape index (κ3) is 6.02. The first-order valence-corrected chi connectivity index (χ1v) is 7.73. The third-order valence-corrected chi connectivity index (χ3v) is 3.71. The van der Waals surface area contributed by atoms with Crippen molar-refractivity contribution in [3.8, 4) is 0 Å². The zero-order valence-corrected chi connectivity index (χ0v) is 13.0. The number of carboxylic acids is 1. The van der Waals surface area contributed by atoms with Crippen molar-refractivity contribution >= 4 is 11.9 Å². The predicted octanol–water partition coefficient (Wildman–Crippen LogP) is 2.91. The second-order valence-electron chi connectivity index (χ2n) is 5.34. The first-order chi connectivity index (χ1) is 10.1. The molecule has 0 saturated carbocycles. The lowest BCUT2D eigenvalue weighted by Crippen LogP contribution is -2.28. The Hall–Kier alpha value is -1.78. The largest absolute Gasteiger partial charge is 0.481 e.